The third kappa shape index (κ3) is 4.56. The van der Waals surface area contributed by atoms with Crippen LogP contribution in [0.1, 0.15) is 16.1 Å². The number of hydrogen-bond donors (Lipinski definition) is 2. The van der Waals surface area contributed by atoms with E-state index in [1.54, 1.807) is 24.4 Å². The lowest BCUT2D eigenvalue weighted by atomic mass is 10.0. The van der Waals surface area contributed by atoms with Crippen LogP contribution in [0.3, 0.4) is 0 Å². The molecular formula is C25H19ClF3N7O2. The maximum atomic E-state index is 13.1. The standard InChI is InChI=1S/C25H19ClF3N7O2/c26-19-2-1-15(33-23(37)20-8-14(3-4-30-20)25(27,28)29)9-17(19)18-7-13-10-32-24(34-16-11-38-12-16)35-21(13)36-6-5-31-22(18)36/h1-4,7-10,16,31H,5-6,11-12H2,(H,33,37). The Morgan fingerprint density at radius 3 is 2.76 bits per heavy atom. The highest BCUT2D eigenvalue weighted by Gasteiger charge is 2.31. The van der Waals surface area contributed by atoms with Crippen LogP contribution in [0.15, 0.2) is 53.8 Å². The summed E-state index contributed by atoms with van der Waals surface area (Å²) < 4.78 is 46.4. The van der Waals surface area contributed by atoms with Gasteiger partial charge in [-0.05, 0) is 36.4 Å². The van der Waals surface area contributed by atoms with Crippen LogP contribution in [0.25, 0.3) is 22.5 Å². The molecule has 1 saturated heterocycles. The molecule has 0 bridgehead atoms. The van der Waals surface area contributed by atoms with Gasteiger partial charge in [-0.15, -0.1) is 0 Å². The number of nitrogens with zero attached hydrogens (tertiary/aromatic N) is 5. The molecular weight excluding hydrogens is 523 g/mol. The molecule has 1 amide bonds. The molecule has 4 aliphatic heterocycles. The summed E-state index contributed by atoms with van der Waals surface area (Å²) in [6.07, 6.45) is -1.93. The first-order valence-corrected chi connectivity index (χ1v) is 12.0. The van der Waals surface area contributed by atoms with Crippen molar-refractivity contribution in [3.63, 3.8) is 0 Å². The van der Waals surface area contributed by atoms with Gasteiger partial charge in [0.25, 0.3) is 5.91 Å². The number of aromatic nitrogens is 4. The number of pyridine rings is 2. The minimum absolute atomic E-state index is 0.0609. The van der Waals surface area contributed by atoms with E-state index in [0.29, 0.717) is 54.3 Å². The van der Waals surface area contributed by atoms with Crippen LogP contribution in [0.4, 0.5) is 24.7 Å². The fourth-order valence-corrected chi connectivity index (χ4v) is 4.54. The van der Waals surface area contributed by atoms with Crippen molar-refractivity contribution in [1.82, 2.24) is 19.5 Å². The summed E-state index contributed by atoms with van der Waals surface area (Å²) in [5, 5.41) is 6.40. The van der Waals surface area contributed by atoms with Crippen molar-refractivity contribution >= 4 is 29.0 Å². The van der Waals surface area contributed by atoms with E-state index >= 15 is 0 Å². The third-order valence-electron chi connectivity index (χ3n) is 6.24. The van der Waals surface area contributed by atoms with Gasteiger partial charge in [0.1, 0.15) is 23.4 Å². The van der Waals surface area contributed by atoms with Crippen LogP contribution in [0.5, 0.6) is 0 Å². The number of carbonyl (C=O) groups is 1. The van der Waals surface area contributed by atoms with E-state index in [9.17, 15) is 18.0 Å². The first-order valence-electron chi connectivity index (χ1n) is 11.7. The van der Waals surface area contributed by atoms with Crippen LogP contribution >= 0.6 is 11.6 Å². The highest BCUT2D eigenvalue weighted by atomic mass is 35.5. The zero-order chi connectivity index (χ0) is 26.4. The van der Waals surface area contributed by atoms with Crippen molar-refractivity contribution in [3.8, 4) is 22.5 Å². The predicted octanol–water partition coefficient (Wildman–Crippen LogP) is 4.09. The second-order valence-electron chi connectivity index (χ2n) is 8.83. The number of ether oxygens (including phenoxy) is 1. The quantitative estimate of drug-likeness (QED) is 0.403. The lowest BCUT2D eigenvalue weighted by Gasteiger charge is -2.21. The van der Waals surface area contributed by atoms with Crippen molar-refractivity contribution < 1.29 is 22.7 Å². The van der Waals surface area contributed by atoms with Gasteiger partial charge in [-0.1, -0.05) is 11.6 Å². The molecule has 0 unspecified atom stereocenters. The van der Waals surface area contributed by atoms with Crippen LogP contribution in [0, 0.1) is 0 Å². The maximum absolute atomic E-state index is 13.1. The summed E-state index contributed by atoms with van der Waals surface area (Å²) in [7, 11) is 0. The zero-order valence-corrected chi connectivity index (χ0v) is 20.3. The molecule has 0 saturated carbocycles. The minimum atomic E-state index is -4.59. The summed E-state index contributed by atoms with van der Waals surface area (Å²) in [4.78, 5) is 30.0. The molecule has 0 aliphatic carbocycles. The molecule has 38 heavy (non-hydrogen) atoms. The molecule has 2 N–H and O–H groups in total. The molecule has 1 aromatic heterocycles. The summed E-state index contributed by atoms with van der Waals surface area (Å²) in [5.41, 5.74) is 1.57. The number of hydrogen-bond acceptors (Lipinski definition) is 7. The first kappa shape index (κ1) is 24.3. The Morgan fingerprint density at radius 1 is 1.16 bits per heavy atom. The number of nitrogens with one attached hydrogen (secondary N) is 2. The molecule has 6 rings (SSSR count). The fraction of sp³-hybridized carbons (Fsp3) is 0.240. The van der Waals surface area contributed by atoms with Crippen LogP contribution in [-0.4, -0.2) is 51.2 Å². The van der Waals surface area contributed by atoms with Gasteiger partial charge in [0.2, 0.25) is 5.62 Å². The predicted molar refractivity (Wildman–Crippen MR) is 133 cm³/mol. The Bertz CT molecular complexity index is 1600. The number of fused-ring (bicyclic) bond motifs is 3. The monoisotopic (exact) mass is 541 g/mol. The molecule has 4 aliphatic rings. The van der Waals surface area contributed by atoms with Gasteiger partial charge in [-0.2, -0.15) is 18.2 Å². The van der Waals surface area contributed by atoms with E-state index in [1.165, 1.54) is 0 Å². The number of rotatable bonds is 4. The molecule has 2 aromatic rings. The largest absolute Gasteiger partial charge is 0.416 e. The van der Waals surface area contributed by atoms with Crippen molar-refractivity contribution in [2.45, 2.75) is 18.8 Å². The summed E-state index contributed by atoms with van der Waals surface area (Å²) in [6.45, 7) is 2.46. The van der Waals surface area contributed by atoms with Crippen molar-refractivity contribution in [2.24, 2.45) is 4.99 Å². The second kappa shape index (κ2) is 9.37. The van der Waals surface area contributed by atoms with Crippen molar-refractivity contribution in [2.75, 3.05) is 30.4 Å². The fourth-order valence-electron chi connectivity index (χ4n) is 4.33. The van der Waals surface area contributed by atoms with E-state index < -0.39 is 17.6 Å². The lowest BCUT2D eigenvalue weighted by molar-refractivity contribution is -0.137. The number of carbonyl (C=O) groups excluding carboxylic acids is 1. The molecule has 0 spiro atoms. The highest BCUT2D eigenvalue weighted by molar-refractivity contribution is 6.33. The Morgan fingerprint density at radius 2 is 2.00 bits per heavy atom. The van der Waals surface area contributed by atoms with Gasteiger partial charge < -0.3 is 19.9 Å². The minimum Gasteiger partial charge on any atom is -0.377 e. The Hall–Kier alpha value is -4.03. The second-order valence-corrected chi connectivity index (χ2v) is 9.24. The molecule has 0 atom stereocenters. The van der Waals surface area contributed by atoms with Crippen molar-refractivity contribution in [1.29, 1.82) is 0 Å². The van der Waals surface area contributed by atoms with Gasteiger partial charge in [-0.25, -0.2) is 9.98 Å². The van der Waals surface area contributed by atoms with Crippen LogP contribution in [-0.2, 0) is 17.5 Å². The SMILES string of the molecule is O=C(Nc1ccc(Cl)c(-c2cc3cnc(=NC4COC4)nc-3n3c2NCC3)c1)c1cc(C(F)(F)F)ccn1. The van der Waals surface area contributed by atoms with E-state index in [1.807, 2.05) is 10.6 Å². The van der Waals surface area contributed by atoms with Gasteiger partial charge in [0, 0.05) is 52.9 Å². The highest BCUT2D eigenvalue weighted by Crippen LogP contribution is 2.40. The molecule has 194 valence electrons. The smallest absolute Gasteiger partial charge is 0.377 e. The average molecular weight is 542 g/mol. The Labute approximate surface area is 218 Å². The summed E-state index contributed by atoms with van der Waals surface area (Å²) in [6, 6.07) is 8.33. The molecule has 13 heteroatoms. The van der Waals surface area contributed by atoms with E-state index in [-0.39, 0.29) is 11.7 Å². The number of benzene rings is 1. The van der Waals surface area contributed by atoms with Gasteiger partial charge in [0.15, 0.2) is 0 Å². The van der Waals surface area contributed by atoms with E-state index in [2.05, 4.69) is 30.6 Å². The van der Waals surface area contributed by atoms with Crippen LogP contribution < -0.4 is 16.3 Å². The first-order chi connectivity index (χ1) is 18.3. The third-order valence-corrected chi connectivity index (χ3v) is 6.57. The normalized spacial score (nSPS) is 15.7. The molecule has 5 heterocycles. The van der Waals surface area contributed by atoms with Gasteiger partial charge in [-0.3, -0.25) is 9.78 Å². The van der Waals surface area contributed by atoms with E-state index in [4.69, 9.17) is 16.3 Å². The van der Waals surface area contributed by atoms with Crippen molar-refractivity contribution in [3.05, 3.63) is 70.7 Å². The summed E-state index contributed by atoms with van der Waals surface area (Å²) >= 11 is 6.57. The number of halogens is 4. The maximum Gasteiger partial charge on any atom is 0.416 e. The number of amides is 1. The van der Waals surface area contributed by atoms with Crippen LogP contribution in [0.2, 0.25) is 5.02 Å². The van der Waals surface area contributed by atoms with Gasteiger partial charge >= 0.3 is 6.18 Å². The Kier molecular flexibility index (Phi) is 6.00. The topological polar surface area (TPSA) is 106 Å². The molecule has 0 radical (unpaired) electrons. The average Bonchev–Trinajstić information content (AvgIpc) is 3.37. The lowest BCUT2D eigenvalue weighted by Crippen LogP contribution is -2.34. The number of anilines is 2. The summed E-state index contributed by atoms with van der Waals surface area (Å²) in [5.74, 6) is 0.736. The number of alkyl halides is 3. The molecule has 1 fully saturated rings. The molecule has 1 aromatic carbocycles. The van der Waals surface area contributed by atoms with Gasteiger partial charge in [0.05, 0.1) is 18.8 Å². The Balaban J connectivity index is 1.36. The van der Waals surface area contributed by atoms with E-state index in [0.717, 1.165) is 35.0 Å². The zero-order valence-electron chi connectivity index (χ0n) is 19.6. The molecule has 9 nitrogen and oxygen atoms in total.